The summed E-state index contributed by atoms with van der Waals surface area (Å²) in [6.45, 7) is 4.73. The molecule has 4 heterocycles. The topological polar surface area (TPSA) is 185 Å². The molecule has 2 aromatic carbocycles. The highest BCUT2D eigenvalue weighted by Gasteiger charge is 2.65. The van der Waals surface area contributed by atoms with Gasteiger partial charge < -0.3 is 29.2 Å². The normalized spacial score (nSPS) is 21.2. The fourth-order valence-electron chi connectivity index (χ4n) is 8.59. The van der Waals surface area contributed by atoms with Crippen LogP contribution in [0.25, 0.3) is 5.52 Å². The number of nitrogens with zero attached hydrogens (tertiary/aromatic N) is 5. The Kier molecular flexibility index (Phi) is 19.1. The van der Waals surface area contributed by atoms with E-state index >= 15 is 0 Å². The maximum absolute atomic E-state index is 14.9. The van der Waals surface area contributed by atoms with E-state index in [0.717, 1.165) is 31.7 Å². The van der Waals surface area contributed by atoms with E-state index in [-0.39, 0.29) is 34.5 Å². The van der Waals surface area contributed by atoms with Gasteiger partial charge in [-0.25, -0.2) is 18.5 Å². The number of benzene rings is 2. The quantitative estimate of drug-likeness (QED) is 0.0401. The summed E-state index contributed by atoms with van der Waals surface area (Å²) in [5.74, 6) is -1.44. The molecular formula is C49H65ClFN6O8P. The van der Waals surface area contributed by atoms with Crippen molar-refractivity contribution >= 4 is 30.8 Å². The number of para-hydroxylation sites is 1. The zero-order chi connectivity index (χ0) is 47.0. The van der Waals surface area contributed by atoms with Crippen LogP contribution < -0.4 is 15.0 Å². The molecule has 0 bridgehead atoms. The Bertz CT molecular complexity index is 2310. The lowest BCUT2D eigenvalue weighted by atomic mass is 9.96. The molecule has 0 aliphatic carbocycles. The lowest BCUT2D eigenvalue weighted by Gasteiger charge is -2.30. The molecule has 17 heteroatoms. The number of phosphoric ester groups is 1. The van der Waals surface area contributed by atoms with Crippen LogP contribution in [-0.2, 0) is 27.8 Å². The van der Waals surface area contributed by atoms with Gasteiger partial charge in [-0.3, -0.25) is 9.05 Å². The maximum atomic E-state index is 14.9. The number of nitrogens with two attached hydrogens (primary N) is 1. The first-order chi connectivity index (χ1) is 31.9. The third-order valence-electron chi connectivity index (χ3n) is 12.1. The van der Waals surface area contributed by atoms with Crippen LogP contribution in [0.15, 0.2) is 60.9 Å². The minimum Gasteiger partial charge on any atom is -0.488 e. The second-order valence-electron chi connectivity index (χ2n) is 17.7. The molecule has 0 radical (unpaired) electrons. The SMILES string of the molecule is CCCCCCCCCCCCCCCCCCC[C@H](COP(=O)(OC[C@@]1(C#N)O[C@@H](c2ccc3c(N)ncnn23)[C@@H]2OC(C)(C)O[C@@H]21)Oc1ccccc1Cl)Oc1ccc(C#N)c(F)c1. The van der Waals surface area contributed by atoms with Gasteiger partial charge in [-0.15, -0.1) is 0 Å². The van der Waals surface area contributed by atoms with Gasteiger partial charge in [-0.05, 0) is 63.1 Å². The van der Waals surface area contributed by atoms with Crippen molar-refractivity contribution in [3.8, 4) is 23.6 Å². The van der Waals surface area contributed by atoms with Crippen LogP contribution in [-0.4, -0.2) is 57.5 Å². The van der Waals surface area contributed by atoms with E-state index in [1.165, 1.54) is 108 Å². The molecule has 66 heavy (non-hydrogen) atoms. The van der Waals surface area contributed by atoms with Crippen molar-refractivity contribution in [1.29, 1.82) is 10.5 Å². The highest BCUT2D eigenvalue weighted by molar-refractivity contribution is 7.49. The van der Waals surface area contributed by atoms with E-state index in [4.69, 9.17) is 49.9 Å². The predicted molar refractivity (Wildman–Crippen MR) is 249 cm³/mol. The molecule has 0 saturated carbocycles. The Hall–Kier alpha value is -4.31. The summed E-state index contributed by atoms with van der Waals surface area (Å²) < 4.78 is 74.6. The molecule has 2 aliphatic rings. The van der Waals surface area contributed by atoms with Crippen molar-refractivity contribution in [1.82, 2.24) is 14.6 Å². The van der Waals surface area contributed by atoms with Crippen molar-refractivity contribution in [3.05, 3.63) is 83.0 Å². The number of rotatable bonds is 29. The van der Waals surface area contributed by atoms with Gasteiger partial charge >= 0.3 is 7.82 Å². The largest absolute Gasteiger partial charge is 0.530 e. The van der Waals surface area contributed by atoms with Gasteiger partial charge in [0.25, 0.3) is 0 Å². The average molecular weight is 952 g/mol. The second kappa shape index (κ2) is 24.6. The van der Waals surface area contributed by atoms with E-state index in [0.29, 0.717) is 17.6 Å². The molecule has 0 amide bonds. The smallest absolute Gasteiger partial charge is 0.488 e. The van der Waals surface area contributed by atoms with E-state index in [1.54, 1.807) is 48.7 Å². The highest BCUT2D eigenvalue weighted by atomic mass is 35.5. The van der Waals surface area contributed by atoms with Crippen molar-refractivity contribution in [2.75, 3.05) is 18.9 Å². The Morgan fingerprint density at radius 2 is 1.53 bits per heavy atom. The van der Waals surface area contributed by atoms with Crippen molar-refractivity contribution in [3.63, 3.8) is 0 Å². The monoisotopic (exact) mass is 950 g/mol. The van der Waals surface area contributed by atoms with Crippen LogP contribution in [0.4, 0.5) is 10.2 Å². The summed E-state index contributed by atoms with van der Waals surface area (Å²) in [6, 6.07) is 17.9. The minimum absolute atomic E-state index is 0.00918. The number of aromatic nitrogens is 3. The molecule has 6 rings (SSSR count). The fraction of sp³-hybridized carbons (Fsp3) is 0.592. The molecule has 0 spiro atoms. The number of nitriles is 2. The average Bonchev–Trinajstić information content (AvgIpc) is 3.97. The van der Waals surface area contributed by atoms with Crippen molar-refractivity contribution in [2.24, 2.45) is 0 Å². The number of hydrogen-bond acceptors (Lipinski definition) is 13. The number of unbranched alkanes of at least 4 members (excludes halogenated alkanes) is 16. The molecule has 2 saturated heterocycles. The van der Waals surface area contributed by atoms with Crippen molar-refractivity contribution in [2.45, 2.75) is 172 Å². The number of ether oxygens (including phenoxy) is 4. The van der Waals surface area contributed by atoms with Gasteiger partial charge in [-0.2, -0.15) is 15.6 Å². The Morgan fingerprint density at radius 1 is 0.879 bits per heavy atom. The van der Waals surface area contributed by atoms with Crippen LogP contribution in [0.5, 0.6) is 11.5 Å². The number of fused-ring (bicyclic) bond motifs is 2. The second-order valence-corrected chi connectivity index (χ2v) is 19.7. The molecule has 2 aromatic heterocycles. The number of anilines is 1. The van der Waals surface area contributed by atoms with Gasteiger partial charge in [0.1, 0.15) is 72.3 Å². The first-order valence-corrected chi connectivity index (χ1v) is 25.5. The number of halogens is 2. The van der Waals surface area contributed by atoms with Crippen LogP contribution in [0.2, 0.25) is 5.02 Å². The summed E-state index contributed by atoms with van der Waals surface area (Å²) in [5.41, 5.74) is 5.15. The number of phosphoric acid groups is 1. The first kappa shape index (κ1) is 51.1. The maximum Gasteiger partial charge on any atom is 0.530 e. The summed E-state index contributed by atoms with van der Waals surface area (Å²) in [5, 5.41) is 24.6. The molecule has 6 atom stereocenters. The number of nitrogen functional groups attached to an aromatic ring is 1. The van der Waals surface area contributed by atoms with Crippen LogP contribution in [0.3, 0.4) is 0 Å². The molecule has 1 unspecified atom stereocenters. The van der Waals surface area contributed by atoms with E-state index in [1.807, 2.05) is 6.07 Å². The summed E-state index contributed by atoms with van der Waals surface area (Å²) in [6.07, 6.45) is 19.2. The predicted octanol–water partition coefficient (Wildman–Crippen LogP) is 12.5. The molecule has 2 fully saturated rings. The zero-order valence-electron chi connectivity index (χ0n) is 38.5. The Morgan fingerprint density at radius 3 is 2.15 bits per heavy atom. The summed E-state index contributed by atoms with van der Waals surface area (Å²) in [7, 11) is -4.68. The van der Waals surface area contributed by atoms with Gasteiger partial charge in [-0.1, -0.05) is 133 Å². The van der Waals surface area contributed by atoms with Gasteiger partial charge in [0.05, 0.1) is 22.9 Å². The lowest BCUT2D eigenvalue weighted by molar-refractivity contribution is -0.204. The highest BCUT2D eigenvalue weighted by Crippen LogP contribution is 2.55. The van der Waals surface area contributed by atoms with Crippen LogP contribution in [0.1, 0.15) is 154 Å². The molecule has 2 aliphatic heterocycles. The van der Waals surface area contributed by atoms with Crippen molar-refractivity contribution < 1.29 is 41.5 Å². The minimum atomic E-state index is -4.68. The zero-order valence-corrected chi connectivity index (χ0v) is 40.2. The van der Waals surface area contributed by atoms with Crippen LogP contribution >= 0.6 is 19.4 Å². The lowest BCUT2D eigenvalue weighted by Crippen LogP contribution is -2.46. The van der Waals surface area contributed by atoms with E-state index in [2.05, 4.69) is 23.1 Å². The Labute approximate surface area is 393 Å². The third kappa shape index (κ3) is 13.9. The Balaban J connectivity index is 1.09. The van der Waals surface area contributed by atoms with E-state index in [9.17, 15) is 19.5 Å². The fourth-order valence-corrected chi connectivity index (χ4v) is 10.1. The first-order valence-electron chi connectivity index (χ1n) is 23.6. The molecule has 358 valence electrons. The van der Waals surface area contributed by atoms with Gasteiger partial charge in [0, 0.05) is 6.07 Å². The van der Waals surface area contributed by atoms with E-state index < -0.39 is 56.1 Å². The molecular weight excluding hydrogens is 886 g/mol. The summed E-state index contributed by atoms with van der Waals surface area (Å²) in [4.78, 5) is 4.07. The standard InChI is InChI=1S/C49H65ClFN6O8P/c1-4-5-6-7-8-9-10-11-12-13-14-15-16-17-18-19-20-23-38(61-37-27-26-36(31-52)40(51)30-37)32-59-66(58,65-43-25-22-21-24-39(43)50)60-34-49(33-53)46-45(62-48(2,3)64-46)44(63-49)41-28-29-42-47(54)55-35-56-57(41)42/h21-22,24-30,35,38,44-46H,4-20,23,32,34H2,1-3H3,(H2,54,55,56)/t38-,44+,45+,46+,49-,66?/m1/s1. The van der Waals surface area contributed by atoms with Gasteiger partial charge in [0.15, 0.2) is 11.6 Å². The molecule has 14 nitrogen and oxygen atoms in total. The summed E-state index contributed by atoms with van der Waals surface area (Å²) >= 11 is 6.47. The number of hydrogen-bond donors (Lipinski definition) is 1. The molecule has 4 aromatic rings. The molecule has 2 N–H and O–H groups in total. The van der Waals surface area contributed by atoms with Crippen LogP contribution in [0, 0.1) is 28.5 Å². The van der Waals surface area contributed by atoms with Gasteiger partial charge in [0.2, 0.25) is 5.60 Å². The third-order valence-corrected chi connectivity index (χ3v) is 13.8.